The molecule has 5 rings (SSSR count). The summed E-state index contributed by atoms with van der Waals surface area (Å²) in [5.74, 6) is 1.05. The van der Waals surface area contributed by atoms with Crippen LogP contribution in [0.15, 0.2) is 63.1 Å². The third-order valence-electron chi connectivity index (χ3n) is 6.34. The van der Waals surface area contributed by atoms with Gasteiger partial charge in [0.2, 0.25) is 0 Å². The van der Waals surface area contributed by atoms with Crippen LogP contribution in [0.25, 0.3) is 10.9 Å². The van der Waals surface area contributed by atoms with Gasteiger partial charge in [-0.25, -0.2) is 4.98 Å². The second-order valence-corrected chi connectivity index (χ2v) is 9.57. The second kappa shape index (κ2) is 9.64. The molecule has 4 aromatic rings. The first-order valence-electron chi connectivity index (χ1n) is 11.5. The van der Waals surface area contributed by atoms with Crippen LogP contribution in [0.3, 0.4) is 0 Å². The Hall–Kier alpha value is -3.10. The SMILES string of the molecule is Cc1cc(C(=O)CSc2nc3ccccc3c(=O)n2CC2CCCO2)c(C)n1Cc1ccco1. The van der Waals surface area contributed by atoms with Crippen molar-refractivity contribution in [1.29, 1.82) is 0 Å². The van der Waals surface area contributed by atoms with Gasteiger partial charge in [0.25, 0.3) is 5.56 Å². The molecule has 34 heavy (non-hydrogen) atoms. The molecule has 1 saturated heterocycles. The Kier molecular flexibility index (Phi) is 6.43. The third-order valence-corrected chi connectivity index (χ3v) is 7.31. The largest absolute Gasteiger partial charge is 0.467 e. The number of fused-ring (bicyclic) bond motifs is 1. The number of aryl methyl sites for hydroxylation is 1. The van der Waals surface area contributed by atoms with E-state index in [0.717, 1.165) is 36.6 Å². The van der Waals surface area contributed by atoms with Crippen LogP contribution >= 0.6 is 11.8 Å². The Bertz CT molecular complexity index is 1380. The summed E-state index contributed by atoms with van der Waals surface area (Å²) in [6.45, 7) is 5.69. The molecule has 3 aromatic heterocycles. The molecule has 0 amide bonds. The number of nitrogens with zero attached hydrogens (tertiary/aromatic N) is 3. The van der Waals surface area contributed by atoms with E-state index in [1.807, 2.05) is 50.2 Å². The van der Waals surface area contributed by atoms with Crippen molar-refractivity contribution in [3.05, 3.63) is 81.8 Å². The minimum Gasteiger partial charge on any atom is -0.467 e. The molecular formula is C26H27N3O4S. The fourth-order valence-corrected chi connectivity index (χ4v) is 5.40. The van der Waals surface area contributed by atoms with Gasteiger partial charge < -0.3 is 13.7 Å². The monoisotopic (exact) mass is 477 g/mol. The number of thioether (sulfide) groups is 1. The van der Waals surface area contributed by atoms with Crippen molar-refractivity contribution in [3.63, 3.8) is 0 Å². The van der Waals surface area contributed by atoms with Crippen molar-refractivity contribution in [1.82, 2.24) is 14.1 Å². The lowest BCUT2D eigenvalue weighted by atomic mass is 10.2. The highest BCUT2D eigenvalue weighted by Gasteiger charge is 2.22. The van der Waals surface area contributed by atoms with Crippen molar-refractivity contribution in [2.45, 2.75) is 51.0 Å². The van der Waals surface area contributed by atoms with E-state index in [0.29, 0.717) is 34.7 Å². The van der Waals surface area contributed by atoms with Crippen molar-refractivity contribution in [2.24, 2.45) is 0 Å². The molecule has 1 fully saturated rings. The zero-order valence-corrected chi connectivity index (χ0v) is 20.1. The number of rotatable bonds is 8. The normalized spacial score (nSPS) is 15.9. The van der Waals surface area contributed by atoms with Gasteiger partial charge in [-0.05, 0) is 57.0 Å². The maximum absolute atomic E-state index is 13.3. The van der Waals surface area contributed by atoms with Gasteiger partial charge in [0.1, 0.15) is 5.76 Å². The first-order valence-corrected chi connectivity index (χ1v) is 12.5. The molecule has 0 bridgehead atoms. The molecule has 7 nitrogen and oxygen atoms in total. The molecule has 176 valence electrons. The predicted molar refractivity (Wildman–Crippen MR) is 132 cm³/mol. The standard InChI is InChI=1S/C26H27N3O4S/c1-17-13-22(18(2)28(17)14-19-7-5-11-32-19)24(30)16-34-26-27-23-10-4-3-9-21(23)25(31)29(26)15-20-8-6-12-33-20/h3-5,7,9-11,13,20H,6,8,12,14-16H2,1-2H3. The van der Waals surface area contributed by atoms with E-state index in [-0.39, 0.29) is 23.2 Å². The highest BCUT2D eigenvalue weighted by atomic mass is 32.2. The molecule has 8 heteroatoms. The summed E-state index contributed by atoms with van der Waals surface area (Å²) in [4.78, 5) is 31.2. The maximum atomic E-state index is 13.3. The summed E-state index contributed by atoms with van der Waals surface area (Å²) >= 11 is 1.31. The van der Waals surface area contributed by atoms with Crippen LogP contribution < -0.4 is 5.56 Å². The van der Waals surface area contributed by atoms with Crippen molar-refractivity contribution < 1.29 is 13.9 Å². The number of hydrogen-bond acceptors (Lipinski definition) is 6. The molecule has 0 N–H and O–H groups in total. The Labute approximate surface area is 201 Å². The maximum Gasteiger partial charge on any atom is 0.262 e. The molecule has 1 aliphatic heterocycles. The number of para-hydroxylation sites is 1. The van der Waals surface area contributed by atoms with Gasteiger partial charge in [-0.2, -0.15) is 0 Å². The summed E-state index contributed by atoms with van der Waals surface area (Å²) in [5.41, 5.74) is 3.14. The van der Waals surface area contributed by atoms with E-state index in [9.17, 15) is 9.59 Å². The molecular weight excluding hydrogens is 450 g/mol. The summed E-state index contributed by atoms with van der Waals surface area (Å²) in [6.07, 6.45) is 3.56. The number of benzene rings is 1. The van der Waals surface area contributed by atoms with Crippen LogP contribution in [0.4, 0.5) is 0 Å². The molecule has 1 atom stereocenters. The number of aromatic nitrogens is 3. The van der Waals surface area contributed by atoms with Gasteiger partial charge in [-0.15, -0.1) is 0 Å². The Morgan fingerprint density at radius 2 is 2.03 bits per heavy atom. The molecule has 4 heterocycles. The number of carbonyl (C=O) groups is 1. The molecule has 0 spiro atoms. The Morgan fingerprint density at radius 1 is 1.18 bits per heavy atom. The number of carbonyl (C=O) groups excluding carboxylic acids is 1. The lowest BCUT2D eigenvalue weighted by Gasteiger charge is -2.16. The van der Waals surface area contributed by atoms with Gasteiger partial charge in [0.15, 0.2) is 10.9 Å². The van der Waals surface area contributed by atoms with Crippen molar-refractivity contribution in [3.8, 4) is 0 Å². The zero-order chi connectivity index (χ0) is 23.7. The topological polar surface area (TPSA) is 79.3 Å². The fourth-order valence-electron chi connectivity index (χ4n) is 4.50. The van der Waals surface area contributed by atoms with E-state index in [1.165, 1.54) is 11.8 Å². The molecule has 0 aliphatic carbocycles. The predicted octanol–water partition coefficient (Wildman–Crippen LogP) is 4.61. The van der Waals surface area contributed by atoms with Gasteiger partial charge in [-0.3, -0.25) is 14.2 Å². The number of hydrogen-bond donors (Lipinski definition) is 0. The summed E-state index contributed by atoms with van der Waals surface area (Å²) in [5, 5.41) is 1.13. The average Bonchev–Trinajstić information content (AvgIpc) is 3.59. The fraction of sp³-hybridized carbons (Fsp3) is 0.346. The van der Waals surface area contributed by atoms with Crippen molar-refractivity contribution in [2.75, 3.05) is 12.4 Å². The van der Waals surface area contributed by atoms with E-state index in [1.54, 1.807) is 16.9 Å². The van der Waals surface area contributed by atoms with Crippen LogP contribution in [0.2, 0.25) is 0 Å². The van der Waals surface area contributed by atoms with Crippen LogP contribution in [0, 0.1) is 13.8 Å². The number of ether oxygens (including phenoxy) is 1. The second-order valence-electron chi connectivity index (χ2n) is 8.62. The minimum absolute atomic E-state index is 0.00348. The molecule has 0 radical (unpaired) electrons. The van der Waals surface area contributed by atoms with Crippen LogP contribution in [-0.4, -0.2) is 38.4 Å². The number of furan rings is 1. The molecule has 1 unspecified atom stereocenters. The number of Topliss-reactive ketones (excluding diaryl/α,β-unsaturated/α-hetero) is 1. The van der Waals surface area contributed by atoms with Gasteiger partial charge >= 0.3 is 0 Å². The van der Waals surface area contributed by atoms with Crippen LogP contribution in [0.1, 0.15) is 40.3 Å². The molecule has 0 saturated carbocycles. The lowest BCUT2D eigenvalue weighted by molar-refractivity contribution is 0.0937. The summed E-state index contributed by atoms with van der Waals surface area (Å²) in [6, 6.07) is 13.1. The summed E-state index contributed by atoms with van der Waals surface area (Å²) in [7, 11) is 0. The molecule has 1 aliphatic rings. The van der Waals surface area contributed by atoms with Gasteiger partial charge in [-0.1, -0.05) is 23.9 Å². The first kappa shape index (κ1) is 22.7. The van der Waals surface area contributed by atoms with E-state index in [2.05, 4.69) is 4.57 Å². The summed E-state index contributed by atoms with van der Waals surface area (Å²) < 4.78 is 15.0. The first-order chi connectivity index (χ1) is 16.5. The van der Waals surface area contributed by atoms with Gasteiger partial charge in [0, 0.05) is 23.6 Å². The molecule has 1 aromatic carbocycles. The Balaban J connectivity index is 1.40. The highest BCUT2D eigenvalue weighted by Crippen LogP contribution is 2.24. The zero-order valence-electron chi connectivity index (χ0n) is 19.3. The van der Waals surface area contributed by atoms with Crippen molar-refractivity contribution >= 4 is 28.4 Å². The van der Waals surface area contributed by atoms with Crippen LogP contribution in [-0.2, 0) is 17.8 Å². The Morgan fingerprint density at radius 3 is 2.79 bits per heavy atom. The quantitative estimate of drug-likeness (QED) is 0.209. The van der Waals surface area contributed by atoms with E-state index >= 15 is 0 Å². The lowest BCUT2D eigenvalue weighted by Crippen LogP contribution is -2.29. The van der Waals surface area contributed by atoms with E-state index < -0.39 is 0 Å². The highest BCUT2D eigenvalue weighted by molar-refractivity contribution is 7.99. The smallest absolute Gasteiger partial charge is 0.262 e. The van der Waals surface area contributed by atoms with E-state index in [4.69, 9.17) is 14.1 Å². The third kappa shape index (κ3) is 4.48. The average molecular weight is 478 g/mol. The number of ketones is 1. The minimum atomic E-state index is -0.0901. The van der Waals surface area contributed by atoms with Gasteiger partial charge in [0.05, 0.1) is 42.1 Å². The van der Waals surface area contributed by atoms with Crippen LogP contribution in [0.5, 0.6) is 0 Å².